The van der Waals surface area contributed by atoms with Crippen LogP contribution in [0.4, 0.5) is 4.79 Å². The van der Waals surface area contributed by atoms with Crippen LogP contribution < -0.4 is 10.6 Å². The zero-order valence-corrected chi connectivity index (χ0v) is 16.2. The van der Waals surface area contributed by atoms with Crippen LogP contribution in [0.1, 0.15) is 47.4 Å². The molecule has 0 spiro atoms. The van der Waals surface area contributed by atoms with E-state index in [1.807, 2.05) is 38.1 Å². The second-order valence-electron chi connectivity index (χ2n) is 7.08. The molecule has 3 amide bonds. The number of rotatable bonds is 5. The zero-order valence-electron chi connectivity index (χ0n) is 16.2. The van der Waals surface area contributed by atoms with E-state index >= 15 is 0 Å². The fourth-order valence-corrected chi connectivity index (χ4v) is 3.49. The van der Waals surface area contributed by atoms with Gasteiger partial charge in [0.15, 0.2) is 6.61 Å². The normalized spacial score (nSPS) is 13.9. The van der Waals surface area contributed by atoms with E-state index in [1.165, 1.54) is 0 Å². The quantitative estimate of drug-likeness (QED) is 0.777. The molecule has 0 bridgehead atoms. The lowest BCUT2D eigenvalue weighted by Gasteiger charge is -2.12. The van der Waals surface area contributed by atoms with Crippen molar-refractivity contribution in [3.05, 3.63) is 53.3 Å². The Labute approximate surface area is 164 Å². The Morgan fingerprint density at radius 2 is 1.61 bits per heavy atom. The van der Waals surface area contributed by atoms with Gasteiger partial charge in [0.05, 0.1) is 5.56 Å². The molecule has 0 aliphatic heterocycles. The Morgan fingerprint density at radius 1 is 1.00 bits per heavy atom. The van der Waals surface area contributed by atoms with Gasteiger partial charge < -0.3 is 14.6 Å². The largest absolute Gasteiger partial charge is 0.452 e. The Hall–Kier alpha value is -3.09. The first-order valence-corrected chi connectivity index (χ1v) is 9.47. The molecule has 1 saturated carbocycles. The number of aromatic nitrogens is 1. The molecule has 2 aromatic rings. The number of ether oxygens (including phenoxy) is 1. The molecule has 1 heterocycles. The first-order valence-electron chi connectivity index (χ1n) is 9.47. The lowest BCUT2D eigenvalue weighted by molar-refractivity contribution is -0.123. The third-order valence-electron chi connectivity index (χ3n) is 4.91. The summed E-state index contributed by atoms with van der Waals surface area (Å²) in [5.41, 5.74) is 3.48. The third kappa shape index (κ3) is 4.79. The molecule has 1 aromatic carbocycles. The third-order valence-corrected chi connectivity index (χ3v) is 4.91. The number of amides is 3. The highest BCUT2D eigenvalue weighted by Gasteiger charge is 2.19. The molecular weight excluding hydrogens is 358 g/mol. The summed E-state index contributed by atoms with van der Waals surface area (Å²) in [6.45, 7) is 3.52. The minimum absolute atomic E-state index is 0.112. The van der Waals surface area contributed by atoms with Gasteiger partial charge in [-0.2, -0.15) is 0 Å². The molecule has 1 fully saturated rings. The maximum absolute atomic E-state index is 12.1. The number of nitrogens with zero attached hydrogens (tertiary/aromatic N) is 1. The number of hydrogen-bond acceptors (Lipinski definition) is 4. The topological polar surface area (TPSA) is 89.4 Å². The van der Waals surface area contributed by atoms with Gasteiger partial charge in [0.2, 0.25) is 0 Å². The van der Waals surface area contributed by atoms with E-state index in [0.29, 0.717) is 5.56 Å². The number of hydrogen-bond donors (Lipinski definition) is 2. The predicted octanol–water partition coefficient (Wildman–Crippen LogP) is 3.02. The molecule has 1 aliphatic rings. The number of benzene rings is 1. The molecule has 7 heteroatoms. The molecule has 148 valence electrons. The Kier molecular flexibility index (Phi) is 6.13. The summed E-state index contributed by atoms with van der Waals surface area (Å²) in [7, 11) is 0. The van der Waals surface area contributed by atoms with Crippen molar-refractivity contribution >= 4 is 17.9 Å². The smallest absolute Gasteiger partial charge is 0.338 e. The molecule has 7 nitrogen and oxygen atoms in total. The van der Waals surface area contributed by atoms with Crippen LogP contribution in [0, 0.1) is 13.8 Å². The number of nitrogens with one attached hydrogen (secondary N) is 2. The van der Waals surface area contributed by atoms with Crippen LogP contribution in [0.25, 0.3) is 5.69 Å². The average molecular weight is 383 g/mol. The number of imide groups is 1. The first-order chi connectivity index (χ1) is 13.4. The van der Waals surface area contributed by atoms with Gasteiger partial charge in [-0.3, -0.25) is 10.1 Å². The summed E-state index contributed by atoms with van der Waals surface area (Å²) < 4.78 is 7.08. The molecule has 28 heavy (non-hydrogen) atoms. The fourth-order valence-electron chi connectivity index (χ4n) is 3.49. The maximum atomic E-state index is 12.1. The Balaban J connectivity index is 1.49. The van der Waals surface area contributed by atoms with Crippen molar-refractivity contribution in [2.45, 2.75) is 45.6 Å². The van der Waals surface area contributed by atoms with E-state index in [4.69, 9.17) is 4.74 Å². The molecule has 3 rings (SSSR count). The lowest BCUT2D eigenvalue weighted by Crippen LogP contribution is -2.44. The van der Waals surface area contributed by atoms with Crippen molar-refractivity contribution < 1.29 is 19.1 Å². The molecule has 0 radical (unpaired) electrons. The van der Waals surface area contributed by atoms with Gasteiger partial charge in [0, 0.05) is 23.1 Å². The van der Waals surface area contributed by atoms with Crippen LogP contribution in [-0.2, 0) is 9.53 Å². The molecule has 0 atom stereocenters. The van der Waals surface area contributed by atoms with Crippen LogP contribution in [0.15, 0.2) is 36.4 Å². The first kappa shape index (κ1) is 19.7. The minimum Gasteiger partial charge on any atom is -0.452 e. The van der Waals surface area contributed by atoms with Gasteiger partial charge >= 0.3 is 12.0 Å². The molecule has 2 N–H and O–H groups in total. The van der Waals surface area contributed by atoms with Gasteiger partial charge in [-0.05, 0) is 63.1 Å². The zero-order chi connectivity index (χ0) is 20.1. The van der Waals surface area contributed by atoms with Gasteiger partial charge in [0.1, 0.15) is 0 Å². The fraction of sp³-hybridized carbons (Fsp3) is 0.381. The van der Waals surface area contributed by atoms with Crippen LogP contribution in [-0.4, -0.2) is 35.1 Å². The predicted molar refractivity (Wildman–Crippen MR) is 104 cm³/mol. The number of carbonyl (C=O) groups excluding carboxylic acids is 3. The van der Waals surface area contributed by atoms with E-state index in [0.717, 1.165) is 42.8 Å². The standard InChI is InChI=1S/C21H25N3O4/c1-14-7-8-15(2)24(14)18-11-9-16(10-12-18)20(26)28-13-19(25)23-21(27)22-17-5-3-4-6-17/h7-12,17H,3-6,13H2,1-2H3,(H2,22,23,25,27). The molecule has 0 unspecified atom stereocenters. The van der Waals surface area contributed by atoms with Crippen molar-refractivity contribution in [3.63, 3.8) is 0 Å². The Morgan fingerprint density at radius 3 is 2.21 bits per heavy atom. The lowest BCUT2D eigenvalue weighted by atomic mass is 10.2. The van der Waals surface area contributed by atoms with Crippen molar-refractivity contribution in [2.75, 3.05) is 6.61 Å². The SMILES string of the molecule is Cc1ccc(C)n1-c1ccc(C(=O)OCC(=O)NC(=O)NC2CCCC2)cc1. The van der Waals surface area contributed by atoms with Gasteiger partial charge in [0.25, 0.3) is 5.91 Å². The molecule has 1 aliphatic carbocycles. The highest BCUT2D eigenvalue weighted by molar-refractivity contribution is 5.97. The van der Waals surface area contributed by atoms with E-state index in [1.54, 1.807) is 12.1 Å². The van der Waals surface area contributed by atoms with Crippen molar-refractivity contribution in [2.24, 2.45) is 0 Å². The minimum atomic E-state index is -0.654. The van der Waals surface area contributed by atoms with E-state index in [-0.39, 0.29) is 6.04 Å². The second kappa shape index (κ2) is 8.73. The second-order valence-corrected chi connectivity index (χ2v) is 7.08. The van der Waals surface area contributed by atoms with Crippen LogP contribution in [0.5, 0.6) is 0 Å². The summed E-state index contributed by atoms with van der Waals surface area (Å²) in [4.78, 5) is 35.7. The Bertz CT molecular complexity index is 845. The van der Waals surface area contributed by atoms with Crippen LogP contribution in [0.2, 0.25) is 0 Å². The number of urea groups is 1. The molecule has 0 saturated heterocycles. The summed E-state index contributed by atoms with van der Waals surface area (Å²) in [5, 5.41) is 4.93. The summed E-state index contributed by atoms with van der Waals surface area (Å²) in [6, 6.07) is 10.6. The van der Waals surface area contributed by atoms with Crippen LogP contribution in [0.3, 0.4) is 0 Å². The highest BCUT2D eigenvalue weighted by atomic mass is 16.5. The van der Waals surface area contributed by atoms with E-state index in [9.17, 15) is 14.4 Å². The number of aryl methyl sites for hydroxylation is 2. The van der Waals surface area contributed by atoms with Gasteiger partial charge in [-0.15, -0.1) is 0 Å². The summed E-state index contributed by atoms with van der Waals surface area (Å²) in [5.74, 6) is -1.27. The van der Waals surface area contributed by atoms with Crippen molar-refractivity contribution in [1.82, 2.24) is 15.2 Å². The van der Waals surface area contributed by atoms with Gasteiger partial charge in [-0.25, -0.2) is 9.59 Å². The highest BCUT2D eigenvalue weighted by Crippen LogP contribution is 2.18. The number of carbonyl (C=O) groups is 3. The van der Waals surface area contributed by atoms with Crippen molar-refractivity contribution in [3.8, 4) is 5.69 Å². The van der Waals surface area contributed by atoms with Crippen molar-refractivity contribution in [1.29, 1.82) is 0 Å². The monoisotopic (exact) mass is 383 g/mol. The van der Waals surface area contributed by atoms with E-state index in [2.05, 4.69) is 15.2 Å². The maximum Gasteiger partial charge on any atom is 0.338 e. The summed E-state index contributed by atoms with van der Waals surface area (Å²) in [6.07, 6.45) is 4.01. The summed E-state index contributed by atoms with van der Waals surface area (Å²) >= 11 is 0. The molecular formula is C21H25N3O4. The van der Waals surface area contributed by atoms with Gasteiger partial charge in [-0.1, -0.05) is 12.8 Å². The van der Waals surface area contributed by atoms with Crippen LogP contribution >= 0.6 is 0 Å². The number of esters is 1. The average Bonchev–Trinajstić information content (AvgIpc) is 3.29. The molecule has 1 aromatic heterocycles. The van der Waals surface area contributed by atoms with E-state index < -0.39 is 24.5 Å².